The minimum absolute atomic E-state index is 0.0916. The van der Waals surface area contributed by atoms with Crippen LogP contribution < -0.4 is 9.80 Å². The number of hydrogen-bond acceptors (Lipinski definition) is 7. The number of hydrogen-bond donors (Lipinski definition) is 1. The summed E-state index contributed by atoms with van der Waals surface area (Å²) in [5, 5.41) is 1.93. The Hall–Kier alpha value is -3.23. The molecular weight excluding hydrogens is 462 g/mol. The van der Waals surface area contributed by atoms with Gasteiger partial charge in [-0.25, -0.2) is 9.97 Å². The zero-order valence-electron chi connectivity index (χ0n) is 19.7. The third kappa shape index (κ3) is 3.46. The molecule has 178 valence electrons. The van der Waals surface area contributed by atoms with Gasteiger partial charge in [0.05, 0.1) is 24.8 Å². The molecule has 9 heteroatoms. The standard InChI is InChI=1S/C26H26ClN7O/c1-14-29-15(2)31-26(30-14)33-8-7-20-21-9-17(27)4-5-22(21)32-24(20)25(33)16-3-6-23(28-11-16)34-12-19-10-18(34)13-35-19/h3-6,9,11,18-19,25,32H,7-8,10,12-13H2,1-2H3. The largest absolute Gasteiger partial charge is 0.374 e. The Morgan fingerprint density at radius 2 is 1.91 bits per heavy atom. The Balaban J connectivity index is 1.34. The zero-order chi connectivity index (χ0) is 23.7. The second-order valence-electron chi connectivity index (χ2n) is 9.73. The van der Waals surface area contributed by atoms with Gasteiger partial charge >= 0.3 is 0 Å². The van der Waals surface area contributed by atoms with Gasteiger partial charge in [0.15, 0.2) is 0 Å². The quantitative estimate of drug-likeness (QED) is 0.464. The fourth-order valence-electron chi connectivity index (χ4n) is 5.96. The normalized spacial score (nSPS) is 23.3. The number of pyridine rings is 1. The van der Waals surface area contributed by atoms with Crippen LogP contribution in [0.4, 0.5) is 11.8 Å². The van der Waals surface area contributed by atoms with Gasteiger partial charge in [0, 0.05) is 40.9 Å². The number of ether oxygens (including phenoxy) is 1. The third-order valence-electron chi connectivity index (χ3n) is 7.47. The highest BCUT2D eigenvalue weighted by Crippen LogP contribution is 2.41. The van der Waals surface area contributed by atoms with Gasteiger partial charge in [-0.15, -0.1) is 0 Å². The van der Waals surface area contributed by atoms with Crippen LogP contribution in [-0.2, 0) is 11.2 Å². The van der Waals surface area contributed by atoms with Crippen molar-refractivity contribution in [2.75, 3.05) is 29.5 Å². The van der Waals surface area contributed by atoms with E-state index in [2.05, 4.69) is 44.0 Å². The number of aromatic amines is 1. The highest BCUT2D eigenvalue weighted by atomic mass is 35.5. The fourth-order valence-corrected chi connectivity index (χ4v) is 6.13. The van der Waals surface area contributed by atoms with Crippen molar-refractivity contribution >= 4 is 34.3 Å². The Kier molecular flexibility index (Phi) is 4.76. The molecule has 8 nitrogen and oxygen atoms in total. The number of rotatable bonds is 3. The van der Waals surface area contributed by atoms with Crippen molar-refractivity contribution < 1.29 is 4.74 Å². The van der Waals surface area contributed by atoms with E-state index in [1.165, 1.54) is 10.9 Å². The van der Waals surface area contributed by atoms with Crippen molar-refractivity contribution in [3.63, 3.8) is 0 Å². The van der Waals surface area contributed by atoms with Gasteiger partial charge < -0.3 is 19.5 Å². The first-order chi connectivity index (χ1) is 17.0. The van der Waals surface area contributed by atoms with Gasteiger partial charge in [0.25, 0.3) is 0 Å². The summed E-state index contributed by atoms with van der Waals surface area (Å²) in [6.45, 7) is 6.33. The van der Waals surface area contributed by atoms with Crippen molar-refractivity contribution in [3.05, 3.63) is 70.0 Å². The molecule has 0 spiro atoms. The number of aryl methyl sites for hydroxylation is 2. The SMILES string of the molecule is Cc1nc(C)nc(N2CCc3c([nH]c4ccc(Cl)cc34)C2c2ccc(N3CC4CC3CO4)nc2)n1. The Morgan fingerprint density at radius 1 is 1.06 bits per heavy atom. The maximum Gasteiger partial charge on any atom is 0.229 e. The molecule has 3 atom stereocenters. The molecule has 3 unspecified atom stereocenters. The van der Waals surface area contributed by atoms with Crippen LogP contribution in [0.3, 0.4) is 0 Å². The first kappa shape index (κ1) is 21.1. The molecule has 0 saturated carbocycles. The lowest BCUT2D eigenvalue weighted by Gasteiger charge is -2.36. The first-order valence-electron chi connectivity index (χ1n) is 12.1. The van der Waals surface area contributed by atoms with Crippen molar-refractivity contribution in [1.29, 1.82) is 0 Å². The lowest BCUT2D eigenvalue weighted by Crippen LogP contribution is -2.38. The van der Waals surface area contributed by atoms with E-state index in [4.69, 9.17) is 31.3 Å². The monoisotopic (exact) mass is 487 g/mol. The summed E-state index contributed by atoms with van der Waals surface area (Å²) < 4.78 is 5.77. The van der Waals surface area contributed by atoms with Crippen LogP contribution in [0.5, 0.6) is 0 Å². The molecule has 1 N–H and O–H groups in total. The highest BCUT2D eigenvalue weighted by molar-refractivity contribution is 6.31. The molecule has 3 aliphatic heterocycles. The Labute approximate surface area is 208 Å². The second-order valence-corrected chi connectivity index (χ2v) is 10.2. The molecule has 0 radical (unpaired) electrons. The van der Waals surface area contributed by atoms with E-state index < -0.39 is 0 Å². The van der Waals surface area contributed by atoms with Crippen LogP contribution >= 0.6 is 11.6 Å². The Morgan fingerprint density at radius 3 is 2.63 bits per heavy atom. The van der Waals surface area contributed by atoms with Gasteiger partial charge in [-0.1, -0.05) is 17.7 Å². The summed E-state index contributed by atoms with van der Waals surface area (Å²) in [6, 6.07) is 10.7. The number of fused-ring (bicyclic) bond motifs is 5. The van der Waals surface area contributed by atoms with Crippen molar-refractivity contribution in [2.45, 2.75) is 44.9 Å². The number of aromatic nitrogens is 5. The van der Waals surface area contributed by atoms with Crippen molar-refractivity contribution in [1.82, 2.24) is 24.9 Å². The van der Waals surface area contributed by atoms with Crippen molar-refractivity contribution in [3.8, 4) is 0 Å². The number of benzene rings is 1. The van der Waals surface area contributed by atoms with Crippen molar-refractivity contribution in [2.24, 2.45) is 0 Å². The summed E-state index contributed by atoms with van der Waals surface area (Å²) in [5.74, 6) is 3.16. The number of H-pyrrole nitrogens is 1. The molecule has 2 fully saturated rings. The molecule has 4 aromatic rings. The van der Waals surface area contributed by atoms with Crippen LogP contribution in [0.1, 0.15) is 40.9 Å². The molecule has 2 bridgehead atoms. The fraction of sp³-hybridized carbons (Fsp3) is 0.385. The number of morpholine rings is 1. The van der Waals surface area contributed by atoms with Crippen LogP contribution in [0, 0.1) is 13.8 Å². The van der Waals surface area contributed by atoms with Crippen LogP contribution in [0.2, 0.25) is 5.02 Å². The van der Waals surface area contributed by atoms with Gasteiger partial charge in [0.1, 0.15) is 17.5 Å². The number of anilines is 2. The maximum atomic E-state index is 6.36. The van der Waals surface area contributed by atoms with E-state index in [9.17, 15) is 0 Å². The summed E-state index contributed by atoms with van der Waals surface area (Å²) in [6.07, 6.45) is 4.32. The molecule has 6 heterocycles. The molecule has 35 heavy (non-hydrogen) atoms. The minimum Gasteiger partial charge on any atom is -0.374 e. The predicted molar refractivity (Wildman–Crippen MR) is 135 cm³/mol. The van der Waals surface area contributed by atoms with E-state index in [-0.39, 0.29) is 6.04 Å². The molecule has 3 aromatic heterocycles. The zero-order valence-corrected chi connectivity index (χ0v) is 20.5. The number of halogens is 1. The molecule has 3 aliphatic rings. The van der Waals surface area contributed by atoms with Crippen LogP contribution in [-0.4, -0.2) is 56.8 Å². The summed E-state index contributed by atoms with van der Waals surface area (Å²) in [7, 11) is 0. The van der Waals surface area contributed by atoms with Gasteiger partial charge in [-0.3, -0.25) is 0 Å². The minimum atomic E-state index is -0.0916. The van der Waals surface area contributed by atoms with E-state index in [0.29, 0.717) is 18.1 Å². The lowest BCUT2D eigenvalue weighted by molar-refractivity contribution is 0.0989. The van der Waals surface area contributed by atoms with E-state index >= 15 is 0 Å². The second kappa shape index (κ2) is 7.90. The highest BCUT2D eigenvalue weighted by Gasteiger charge is 2.40. The smallest absolute Gasteiger partial charge is 0.229 e. The van der Waals surface area contributed by atoms with E-state index in [1.807, 2.05) is 26.1 Å². The number of nitrogens with one attached hydrogen (secondary N) is 1. The van der Waals surface area contributed by atoms with E-state index in [1.54, 1.807) is 0 Å². The van der Waals surface area contributed by atoms with Gasteiger partial charge in [-0.05, 0) is 62.1 Å². The Bertz CT molecular complexity index is 1420. The molecule has 7 rings (SSSR count). The van der Waals surface area contributed by atoms with Gasteiger partial charge in [-0.2, -0.15) is 9.97 Å². The predicted octanol–water partition coefficient (Wildman–Crippen LogP) is 4.15. The molecule has 2 saturated heterocycles. The maximum absolute atomic E-state index is 6.36. The van der Waals surface area contributed by atoms with Crippen LogP contribution in [0.15, 0.2) is 36.5 Å². The number of nitrogens with zero attached hydrogens (tertiary/aromatic N) is 6. The molecule has 1 aromatic carbocycles. The summed E-state index contributed by atoms with van der Waals surface area (Å²) in [5.41, 5.74) is 4.63. The topological polar surface area (TPSA) is 83.1 Å². The van der Waals surface area contributed by atoms with Crippen LogP contribution in [0.25, 0.3) is 10.9 Å². The summed E-state index contributed by atoms with van der Waals surface area (Å²) in [4.78, 5) is 27.1. The average Bonchev–Trinajstić information content (AvgIpc) is 3.57. The lowest BCUT2D eigenvalue weighted by atomic mass is 9.93. The molecular formula is C26H26ClN7O. The molecule has 0 amide bonds. The average molecular weight is 488 g/mol. The first-order valence-corrected chi connectivity index (χ1v) is 12.5. The molecule has 0 aliphatic carbocycles. The summed E-state index contributed by atoms with van der Waals surface area (Å²) >= 11 is 6.36. The van der Waals surface area contributed by atoms with E-state index in [0.717, 1.165) is 71.8 Å². The van der Waals surface area contributed by atoms with Gasteiger partial charge in [0.2, 0.25) is 5.95 Å². The third-order valence-corrected chi connectivity index (χ3v) is 7.71.